The fourth-order valence-corrected chi connectivity index (χ4v) is 2.15. The van der Waals surface area contributed by atoms with Crippen molar-refractivity contribution in [1.29, 1.82) is 0 Å². The van der Waals surface area contributed by atoms with Gasteiger partial charge in [0.15, 0.2) is 12.4 Å². The zero-order chi connectivity index (χ0) is 16.5. The highest BCUT2D eigenvalue weighted by Crippen LogP contribution is 2.37. The second-order valence-corrected chi connectivity index (χ2v) is 7.83. The Balaban J connectivity index is 2.58. The Labute approximate surface area is 156 Å². The van der Waals surface area contributed by atoms with Crippen LogP contribution in [-0.2, 0) is 4.84 Å². The number of rotatable bonds is 8. The zero-order valence-corrected chi connectivity index (χ0v) is 16.7. The average molecular weight is 476 g/mol. The van der Waals surface area contributed by atoms with Gasteiger partial charge in [-0.1, -0.05) is 28.4 Å². The van der Waals surface area contributed by atoms with Crippen LogP contribution in [0.2, 0.25) is 10.0 Å². The van der Waals surface area contributed by atoms with Gasteiger partial charge in [-0.2, -0.15) is 0 Å². The first-order valence-corrected chi connectivity index (χ1v) is 8.63. The summed E-state index contributed by atoms with van der Waals surface area (Å²) in [5.74, 6) is 0.955. The third kappa shape index (κ3) is 7.72. The molecule has 0 saturated carbocycles. The van der Waals surface area contributed by atoms with Crippen LogP contribution in [0.15, 0.2) is 26.8 Å². The molecule has 1 aromatic rings. The predicted molar refractivity (Wildman–Crippen MR) is 98.1 cm³/mol. The normalized spacial score (nSPS) is 9.91. The number of nitrogens with zero attached hydrogens (tertiary/aromatic N) is 1. The van der Waals surface area contributed by atoms with E-state index in [0.717, 1.165) is 9.10 Å². The topological polar surface area (TPSA) is 40.0 Å². The van der Waals surface area contributed by atoms with Crippen LogP contribution in [0.5, 0.6) is 11.5 Å². The minimum Gasteiger partial charge on any atom is -0.489 e. The molecule has 4 nitrogen and oxygen atoms in total. The smallest absolute Gasteiger partial charge is 0.156 e. The van der Waals surface area contributed by atoms with Crippen molar-refractivity contribution in [2.45, 2.75) is 13.8 Å². The largest absolute Gasteiger partial charge is 0.489 e. The number of benzene rings is 1. The van der Waals surface area contributed by atoms with E-state index >= 15 is 0 Å². The van der Waals surface area contributed by atoms with E-state index in [4.69, 9.17) is 37.5 Å². The molecular formula is C14H15Br2Cl2NO3. The first-order chi connectivity index (χ1) is 10.4. The fourth-order valence-electron chi connectivity index (χ4n) is 1.31. The van der Waals surface area contributed by atoms with Gasteiger partial charge in [0.1, 0.15) is 19.0 Å². The molecule has 0 unspecified atom stereocenters. The molecule has 22 heavy (non-hydrogen) atoms. The third-order valence-electron chi connectivity index (χ3n) is 2.13. The van der Waals surface area contributed by atoms with Crippen LogP contribution in [0.3, 0.4) is 0 Å². The van der Waals surface area contributed by atoms with E-state index in [2.05, 4.69) is 37.0 Å². The average Bonchev–Trinajstić information content (AvgIpc) is 2.40. The standard InChI is InChI=1S/C14H15Br2Cl2NO3/c1-9(2)19-22-6-5-21-14-11(17)7-10(8-12(14)18)20-4-3-13(15)16/h3,7-8H,4-6H2,1-2H3. The summed E-state index contributed by atoms with van der Waals surface area (Å²) < 4.78 is 11.8. The highest BCUT2D eigenvalue weighted by molar-refractivity contribution is 9.28. The number of ether oxygens (including phenoxy) is 2. The van der Waals surface area contributed by atoms with Crippen molar-refractivity contribution >= 4 is 60.8 Å². The molecule has 0 aliphatic heterocycles. The van der Waals surface area contributed by atoms with E-state index in [1.165, 1.54) is 0 Å². The SMILES string of the molecule is CC(C)=NOCCOc1c(Cl)cc(OCC=C(Br)Br)cc1Cl. The summed E-state index contributed by atoms with van der Waals surface area (Å²) in [6.07, 6.45) is 1.81. The first kappa shape index (κ1) is 19.6. The highest BCUT2D eigenvalue weighted by Gasteiger charge is 2.10. The lowest BCUT2D eigenvalue weighted by Crippen LogP contribution is -2.05. The Morgan fingerprint density at radius 1 is 1.14 bits per heavy atom. The molecule has 1 rings (SSSR count). The molecule has 0 saturated heterocycles. The van der Waals surface area contributed by atoms with Crippen LogP contribution in [-0.4, -0.2) is 25.5 Å². The summed E-state index contributed by atoms with van der Waals surface area (Å²) >= 11 is 18.8. The summed E-state index contributed by atoms with van der Waals surface area (Å²) in [6.45, 7) is 4.66. The second kappa shape index (κ2) is 10.4. The first-order valence-electron chi connectivity index (χ1n) is 6.29. The molecule has 8 heteroatoms. The van der Waals surface area contributed by atoms with Gasteiger partial charge >= 0.3 is 0 Å². The van der Waals surface area contributed by atoms with Gasteiger partial charge in [0, 0.05) is 12.1 Å². The molecule has 0 radical (unpaired) electrons. The maximum atomic E-state index is 6.15. The molecule has 0 N–H and O–H groups in total. The van der Waals surface area contributed by atoms with Gasteiger partial charge in [0.25, 0.3) is 0 Å². The van der Waals surface area contributed by atoms with E-state index in [9.17, 15) is 0 Å². The van der Waals surface area contributed by atoms with Crippen molar-refractivity contribution in [2.24, 2.45) is 5.16 Å². The number of oxime groups is 1. The van der Waals surface area contributed by atoms with Crippen molar-refractivity contribution in [3.05, 3.63) is 31.6 Å². The van der Waals surface area contributed by atoms with Crippen molar-refractivity contribution in [3.8, 4) is 11.5 Å². The Morgan fingerprint density at radius 2 is 1.77 bits per heavy atom. The summed E-state index contributed by atoms with van der Waals surface area (Å²) in [5.41, 5.74) is 0.835. The van der Waals surface area contributed by atoms with Crippen molar-refractivity contribution in [2.75, 3.05) is 19.8 Å². The number of hydrogen-bond donors (Lipinski definition) is 0. The monoisotopic (exact) mass is 473 g/mol. The van der Waals surface area contributed by atoms with Gasteiger partial charge in [0.2, 0.25) is 0 Å². The fraction of sp³-hybridized carbons (Fsp3) is 0.357. The van der Waals surface area contributed by atoms with E-state index in [-0.39, 0.29) is 6.61 Å². The number of hydrogen-bond acceptors (Lipinski definition) is 4. The van der Waals surface area contributed by atoms with Gasteiger partial charge in [-0.3, -0.25) is 0 Å². The van der Waals surface area contributed by atoms with Crippen molar-refractivity contribution in [3.63, 3.8) is 0 Å². The van der Waals surface area contributed by atoms with Gasteiger partial charge in [-0.15, -0.1) is 0 Å². The molecule has 0 aliphatic rings. The summed E-state index contributed by atoms with van der Waals surface area (Å²) in [7, 11) is 0. The second-order valence-electron chi connectivity index (χ2n) is 4.24. The Kier molecular flexibility index (Phi) is 9.24. The molecule has 0 aromatic heterocycles. The lowest BCUT2D eigenvalue weighted by Gasteiger charge is -2.11. The van der Waals surface area contributed by atoms with Crippen LogP contribution in [0.25, 0.3) is 0 Å². The minimum atomic E-state index is 0.287. The minimum absolute atomic E-state index is 0.287. The molecule has 122 valence electrons. The quantitative estimate of drug-likeness (QED) is 0.271. The van der Waals surface area contributed by atoms with E-state index in [1.807, 2.05) is 13.8 Å². The lowest BCUT2D eigenvalue weighted by molar-refractivity contribution is 0.107. The zero-order valence-electron chi connectivity index (χ0n) is 12.0. The van der Waals surface area contributed by atoms with Gasteiger partial charge in [-0.25, -0.2) is 0 Å². The maximum absolute atomic E-state index is 6.15. The Morgan fingerprint density at radius 3 is 2.32 bits per heavy atom. The molecule has 0 spiro atoms. The summed E-state index contributed by atoms with van der Waals surface area (Å²) in [4.78, 5) is 5.03. The predicted octanol–water partition coefficient (Wildman–Crippen LogP) is 5.79. The molecule has 0 aliphatic carbocycles. The van der Waals surface area contributed by atoms with Crippen LogP contribution < -0.4 is 9.47 Å². The summed E-state index contributed by atoms with van der Waals surface area (Å²) in [6, 6.07) is 3.29. The highest BCUT2D eigenvalue weighted by atomic mass is 79.9. The van der Waals surface area contributed by atoms with Gasteiger partial charge in [0.05, 0.1) is 19.1 Å². The molecule has 0 amide bonds. The van der Waals surface area contributed by atoms with Crippen molar-refractivity contribution < 1.29 is 14.3 Å². The van der Waals surface area contributed by atoms with Crippen molar-refractivity contribution in [1.82, 2.24) is 0 Å². The van der Waals surface area contributed by atoms with Gasteiger partial charge in [-0.05, 0) is 51.8 Å². The summed E-state index contributed by atoms with van der Waals surface area (Å²) in [5, 5.41) is 4.55. The molecule has 0 fully saturated rings. The Bertz CT molecular complexity index is 534. The van der Waals surface area contributed by atoms with Crippen LogP contribution in [0.4, 0.5) is 0 Å². The molecule has 0 bridgehead atoms. The van der Waals surface area contributed by atoms with E-state index in [0.29, 0.717) is 34.8 Å². The molecule has 1 aromatic carbocycles. The molecule has 0 heterocycles. The maximum Gasteiger partial charge on any atom is 0.156 e. The van der Waals surface area contributed by atoms with E-state index in [1.54, 1.807) is 18.2 Å². The van der Waals surface area contributed by atoms with Crippen LogP contribution in [0, 0.1) is 0 Å². The Hall–Kier alpha value is -0.430. The lowest BCUT2D eigenvalue weighted by atomic mass is 10.3. The van der Waals surface area contributed by atoms with Gasteiger partial charge < -0.3 is 14.3 Å². The third-order valence-corrected chi connectivity index (χ3v) is 3.34. The van der Waals surface area contributed by atoms with Crippen LogP contribution in [0.1, 0.15) is 13.8 Å². The molecular weight excluding hydrogens is 461 g/mol. The van der Waals surface area contributed by atoms with E-state index < -0.39 is 0 Å². The molecule has 0 atom stereocenters. The number of halogens is 4. The van der Waals surface area contributed by atoms with Crippen LogP contribution >= 0.6 is 55.1 Å².